The van der Waals surface area contributed by atoms with E-state index in [4.69, 9.17) is 4.74 Å². The number of nitrogens with zero attached hydrogens (tertiary/aromatic N) is 1. The molecule has 0 saturated carbocycles. The third-order valence-electron chi connectivity index (χ3n) is 3.00. The minimum atomic E-state index is -0.447. The monoisotopic (exact) mass is 349 g/mol. The molecule has 2 aromatic rings. The molecule has 2 aromatic carbocycles. The number of carbonyl (C=O) groups is 1. The predicted octanol–water partition coefficient (Wildman–Crippen LogP) is 4.66. The van der Waals surface area contributed by atoms with E-state index in [9.17, 15) is 14.9 Å². The van der Waals surface area contributed by atoms with Gasteiger partial charge in [0.25, 0.3) is 5.69 Å². The van der Waals surface area contributed by atoms with Crippen molar-refractivity contribution in [1.29, 1.82) is 0 Å². The van der Waals surface area contributed by atoms with Gasteiger partial charge in [-0.1, -0.05) is 6.07 Å². The average molecular weight is 350 g/mol. The lowest BCUT2D eigenvalue weighted by Gasteiger charge is -2.10. The summed E-state index contributed by atoms with van der Waals surface area (Å²) in [4.78, 5) is 21.8. The van der Waals surface area contributed by atoms with E-state index in [0.29, 0.717) is 27.1 Å². The molecule has 0 fully saturated rings. The lowest BCUT2D eigenvalue weighted by Crippen LogP contribution is -1.96. The van der Waals surface area contributed by atoms with E-state index in [2.05, 4.69) is 15.9 Å². The maximum absolute atomic E-state index is 11.4. The third-order valence-corrected chi connectivity index (χ3v) is 3.66. The summed E-state index contributed by atoms with van der Waals surface area (Å²) in [7, 11) is 0. The summed E-state index contributed by atoms with van der Waals surface area (Å²) >= 11 is 3.31. The predicted molar refractivity (Wildman–Crippen MR) is 82.1 cm³/mol. The molecular formula is C15H12BrNO4. The van der Waals surface area contributed by atoms with E-state index >= 15 is 0 Å². The van der Waals surface area contributed by atoms with E-state index in [0.717, 1.165) is 0 Å². The van der Waals surface area contributed by atoms with Gasteiger partial charge in [-0.15, -0.1) is 0 Å². The molecule has 0 radical (unpaired) electrons. The fourth-order valence-electron chi connectivity index (χ4n) is 1.88. The highest BCUT2D eigenvalue weighted by molar-refractivity contribution is 9.10. The second-order valence-corrected chi connectivity index (χ2v) is 5.31. The first-order valence-electron chi connectivity index (χ1n) is 6.12. The third kappa shape index (κ3) is 3.28. The Kier molecular flexibility index (Phi) is 4.37. The number of nitro benzene ring substituents is 1. The van der Waals surface area contributed by atoms with Crippen LogP contribution < -0.4 is 4.74 Å². The van der Waals surface area contributed by atoms with Crippen LogP contribution in [0.3, 0.4) is 0 Å². The number of Topliss-reactive ketones (excluding diaryl/α,β-unsaturated/α-hetero) is 1. The summed E-state index contributed by atoms with van der Waals surface area (Å²) in [6, 6.07) is 9.62. The SMILES string of the molecule is CC(=O)c1ccc(Oc2cccc([N+](=O)[O-])c2C)cc1Br. The van der Waals surface area contributed by atoms with Crippen LogP contribution >= 0.6 is 15.9 Å². The molecule has 0 heterocycles. The number of halogens is 1. The Morgan fingerprint density at radius 1 is 1.29 bits per heavy atom. The normalized spacial score (nSPS) is 10.2. The zero-order valence-corrected chi connectivity index (χ0v) is 13.0. The molecule has 2 rings (SSSR count). The zero-order valence-electron chi connectivity index (χ0n) is 11.4. The molecule has 0 amide bonds. The number of ether oxygens (including phenoxy) is 1. The van der Waals surface area contributed by atoms with Gasteiger partial charge in [0.2, 0.25) is 0 Å². The van der Waals surface area contributed by atoms with Crippen molar-refractivity contribution in [3.63, 3.8) is 0 Å². The second-order valence-electron chi connectivity index (χ2n) is 4.46. The van der Waals surface area contributed by atoms with Crippen LogP contribution in [0.25, 0.3) is 0 Å². The van der Waals surface area contributed by atoms with Gasteiger partial charge in [-0.25, -0.2) is 0 Å². The van der Waals surface area contributed by atoms with E-state index in [1.807, 2.05) is 0 Å². The van der Waals surface area contributed by atoms with E-state index in [1.54, 1.807) is 37.3 Å². The molecule has 0 aromatic heterocycles. The van der Waals surface area contributed by atoms with Crippen LogP contribution in [0.15, 0.2) is 40.9 Å². The first-order valence-corrected chi connectivity index (χ1v) is 6.92. The van der Waals surface area contributed by atoms with Gasteiger partial charge >= 0.3 is 0 Å². The molecule has 21 heavy (non-hydrogen) atoms. The van der Waals surface area contributed by atoms with Crippen molar-refractivity contribution < 1.29 is 14.5 Å². The number of rotatable bonds is 4. The molecule has 0 bridgehead atoms. The maximum Gasteiger partial charge on any atom is 0.276 e. The minimum absolute atomic E-state index is 0.00641. The fourth-order valence-corrected chi connectivity index (χ4v) is 2.52. The van der Waals surface area contributed by atoms with Crippen LogP contribution in [-0.2, 0) is 0 Å². The van der Waals surface area contributed by atoms with Gasteiger partial charge in [-0.2, -0.15) is 0 Å². The summed E-state index contributed by atoms with van der Waals surface area (Å²) in [5.41, 5.74) is 1.01. The smallest absolute Gasteiger partial charge is 0.276 e. The van der Waals surface area contributed by atoms with Crippen molar-refractivity contribution >= 4 is 27.4 Å². The highest BCUT2D eigenvalue weighted by Gasteiger charge is 2.15. The maximum atomic E-state index is 11.4. The Morgan fingerprint density at radius 2 is 2.00 bits per heavy atom. The van der Waals surface area contributed by atoms with Crippen LogP contribution in [0.2, 0.25) is 0 Å². The van der Waals surface area contributed by atoms with Crippen LogP contribution in [0.4, 0.5) is 5.69 Å². The van der Waals surface area contributed by atoms with Crippen molar-refractivity contribution in [3.05, 3.63) is 62.1 Å². The molecule has 0 N–H and O–H groups in total. The first kappa shape index (κ1) is 15.2. The van der Waals surface area contributed by atoms with Crippen LogP contribution in [0, 0.1) is 17.0 Å². The van der Waals surface area contributed by atoms with Gasteiger partial charge in [-0.3, -0.25) is 14.9 Å². The van der Waals surface area contributed by atoms with Crippen LogP contribution in [-0.4, -0.2) is 10.7 Å². The number of ketones is 1. The Bertz CT molecular complexity index is 728. The lowest BCUT2D eigenvalue weighted by atomic mass is 10.1. The first-order chi connectivity index (χ1) is 9.90. The molecule has 0 atom stereocenters. The highest BCUT2D eigenvalue weighted by atomic mass is 79.9. The molecule has 0 aliphatic carbocycles. The molecule has 6 heteroatoms. The molecule has 5 nitrogen and oxygen atoms in total. The van der Waals surface area contributed by atoms with Gasteiger partial charge in [0.1, 0.15) is 11.5 Å². The molecule has 0 spiro atoms. The van der Waals surface area contributed by atoms with Gasteiger partial charge in [0.15, 0.2) is 5.78 Å². The number of benzene rings is 2. The van der Waals surface area contributed by atoms with E-state index in [-0.39, 0.29) is 11.5 Å². The van der Waals surface area contributed by atoms with Crippen molar-refractivity contribution in [2.45, 2.75) is 13.8 Å². The van der Waals surface area contributed by atoms with Crippen molar-refractivity contribution in [2.75, 3.05) is 0 Å². The second kappa shape index (κ2) is 6.05. The number of hydrogen-bond donors (Lipinski definition) is 0. The Balaban J connectivity index is 2.35. The largest absolute Gasteiger partial charge is 0.457 e. The van der Waals surface area contributed by atoms with Crippen molar-refractivity contribution in [1.82, 2.24) is 0 Å². The standard InChI is InChI=1S/C15H12BrNO4/c1-9-14(17(19)20)4-3-5-15(9)21-11-6-7-12(10(2)18)13(16)8-11/h3-8H,1-2H3. The number of nitro groups is 1. The van der Waals surface area contributed by atoms with Crippen LogP contribution in [0.1, 0.15) is 22.8 Å². The lowest BCUT2D eigenvalue weighted by molar-refractivity contribution is -0.385. The summed E-state index contributed by atoms with van der Waals surface area (Å²) in [5.74, 6) is 0.849. The van der Waals surface area contributed by atoms with E-state index in [1.165, 1.54) is 13.0 Å². The van der Waals surface area contributed by atoms with E-state index < -0.39 is 4.92 Å². The Labute approximate surface area is 129 Å². The minimum Gasteiger partial charge on any atom is -0.457 e. The molecular weight excluding hydrogens is 338 g/mol. The Morgan fingerprint density at radius 3 is 2.57 bits per heavy atom. The van der Waals surface area contributed by atoms with Gasteiger partial charge in [-0.05, 0) is 54.0 Å². The zero-order chi connectivity index (χ0) is 15.6. The quantitative estimate of drug-likeness (QED) is 0.457. The summed E-state index contributed by atoms with van der Waals surface area (Å²) in [5, 5.41) is 10.9. The summed E-state index contributed by atoms with van der Waals surface area (Å²) in [6.45, 7) is 3.11. The van der Waals surface area contributed by atoms with Crippen molar-refractivity contribution in [2.24, 2.45) is 0 Å². The van der Waals surface area contributed by atoms with Gasteiger partial charge in [0, 0.05) is 16.1 Å². The molecule has 0 aliphatic rings. The van der Waals surface area contributed by atoms with Gasteiger partial charge in [0.05, 0.1) is 10.5 Å². The summed E-state index contributed by atoms with van der Waals surface area (Å²) < 4.78 is 6.29. The van der Waals surface area contributed by atoms with Gasteiger partial charge < -0.3 is 4.74 Å². The topological polar surface area (TPSA) is 69.4 Å². The average Bonchev–Trinajstić information content (AvgIpc) is 2.40. The molecule has 108 valence electrons. The van der Waals surface area contributed by atoms with Crippen molar-refractivity contribution in [3.8, 4) is 11.5 Å². The fraction of sp³-hybridized carbons (Fsp3) is 0.133. The number of hydrogen-bond acceptors (Lipinski definition) is 4. The molecule has 0 saturated heterocycles. The Hall–Kier alpha value is -2.21. The van der Waals surface area contributed by atoms with Crippen LogP contribution in [0.5, 0.6) is 11.5 Å². The molecule has 0 aliphatic heterocycles. The summed E-state index contributed by atoms with van der Waals surface area (Å²) in [6.07, 6.45) is 0. The molecule has 0 unspecified atom stereocenters. The number of carbonyl (C=O) groups excluding carboxylic acids is 1. The highest BCUT2D eigenvalue weighted by Crippen LogP contribution is 2.32.